The third-order valence-corrected chi connectivity index (χ3v) is 6.62. The number of benzene rings is 3. The third kappa shape index (κ3) is 6.59. The van der Waals surface area contributed by atoms with E-state index in [2.05, 4.69) is 54.5 Å². The van der Waals surface area contributed by atoms with Crippen LogP contribution in [0.1, 0.15) is 40.0 Å². The molecule has 0 aliphatic rings. The zero-order valence-electron chi connectivity index (χ0n) is 21.5. The molecule has 0 spiro atoms. The highest BCUT2D eigenvalue weighted by molar-refractivity contribution is 6.30. The van der Waals surface area contributed by atoms with Crippen LogP contribution < -0.4 is 9.47 Å². The van der Waals surface area contributed by atoms with Gasteiger partial charge in [-0.1, -0.05) is 44.9 Å². The van der Waals surface area contributed by atoms with Crippen molar-refractivity contribution in [2.45, 2.75) is 46.6 Å². The predicted octanol–water partition coefficient (Wildman–Crippen LogP) is 8.06. The standard InChI is InChI=1S/C30H36ClN3O2/c1-4-7-19-34-29-22-26(35-20-9-18-33(5-2)6-3)16-17-28(29)32-30(34)23-12-14-25(15-13-23)36-27-11-8-10-24(31)21-27/h8,10-17,21-22H,4-7,9,18-20H2,1-3H3. The number of aryl methyl sites for hydroxylation is 1. The van der Waals surface area contributed by atoms with Crippen LogP contribution in [-0.4, -0.2) is 40.7 Å². The third-order valence-electron chi connectivity index (χ3n) is 6.38. The summed E-state index contributed by atoms with van der Waals surface area (Å²) in [4.78, 5) is 7.41. The van der Waals surface area contributed by atoms with Crippen LogP contribution in [0.15, 0.2) is 66.7 Å². The van der Waals surface area contributed by atoms with E-state index in [1.165, 1.54) is 0 Å². The van der Waals surface area contributed by atoms with E-state index in [4.69, 9.17) is 26.1 Å². The molecule has 4 rings (SSSR count). The van der Waals surface area contributed by atoms with Gasteiger partial charge in [-0.3, -0.25) is 0 Å². The summed E-state index contributed by atoms with van der Waals surface area (Å²) in [5.74, 6) is 3.34. The Kier molecular flexibility index (Phi) is 9.26. The van der Waals surface area contributed by atoms with Gasteiger partial charge in [0.1, 0.15) is 23.1 Å². The van der Waals surface area contributed by atoms with E-state index in [0.717, 1.165) is 85.1 Å². The van der Waals surface area contributed by atoms with Gasteiger partial charge in [-0.2, -0.15) is 0 Å². The van der Waals surface area contributed by atoms with Crippen LogP contribution in [0.4, 0.5) is 0 Å². The lowest BCUT2D eigenvalue weighted by molar-refractivity contribution is 0.249. The molecule has 0 atom stereocenters. The SMILES string of the molecule is CCCCn1c(-c2ccc(Oc3cccc(Cl)c3)cc2)nc2ccc(OCCCN(CC)CC)cc21. The first-order valence-electron chi connectivity index (χ1n) is 13.0. The van der Waals surface area contributed by atoms with Crippen LogP contribution in [0.5, 0.6) is 17.2 Å². The van der Waals surface area contributed by atoms with Gasteiger partial charge in [-0.25, -0.2) is 4.98 Å². The number of fused-ring (bicyclic) bond motifs is 1. The maximum absolute atomic E-state index is 6.11. The molecule has 1 heterocycles. The smallest absolute Gasteiger partial charge is 0.141 e. The molecule has 0 bridgehead atoms. The van der Waals surface area contributed by atoms with Crippen molar-refractivity contribution >= 4 is 22.6 Å². The van der Waals surface area contributed by atoms with Crippen LogP contribution in [0, 0.1) is 0 Å². The van der Waals surface area contributed by atoms with Gasteiger partial charge in [-0.05, 0) is 80.5 Å². The fraction of sp³-hybridized carbons (Fsp3) is 0.367. The van der Waals surface area contributed by atoms with E-state index >= 15 is 0 Å². The molecule has 0 amide bonds. The summed E-state index contributed by atoms with van der Waals surface area (Å²) in [6.07, 6.45) is 3.22. The maximum atomic E-state index is 6.11. The van der Waals surface area contributed by atoms with Gasteiger partial charge in [0, 0.05) is 29.7 Å². The van der Waals surface area contributed by atoms with Crippen LogP contribution >= 0.6 is 11.6 Å². The first kappa shape index (κ1) is 26.1. The minimum Gasteiger partial charge on any atom is -0.493 e. The van der Waals surface area contributed by atoms with E-state index in [9.17, 15) is 0 Å². The molecule has 0 fully saturated rings. The number of imidazole rings is 1. The molecule has 0 aliphatic heterocycles. The average molecular weight is 506 g/mol. The number of hydrogen-bond donors (Lipinski definition) is 0. The fourth-order valence-electron chi connectivity index (χ4n) is 4.31. The summed E-state index contributed by atoms with van der Waals surface area (Å²) in [6, 6.07) is 21.7. The summed E-state index contributed by atoms with van der Waals surface area (Å²) >= 11 is 6.08. The molecular formula is C30H36ClN3O2. The largest absolute Gasteiger partial charge is 0.493 e. The van der Waals surface area contributed by atoms with Crippen molar-refractivity contribution in [2.75, 3.05) is 26.2 Å². The van der Waals surface area contributed by atoms with Crippen molar-refractivity contribution in [3.05, 3.63) is 71.8 Å². The number of aromatic nitrogens is 2. The molecule has 190 valence electrons. The number of nitrogens with zero attached hydrogens (tertiary/aromatic N) is 3. The second kappa shape index (κ2) is 12.8. The van der Waals surface area contributed by atoms with Crippen molar-refractivity contribution < 1.29 is 9.47 Å². The fourth-order valence-corrected chi connectivity index (χ4v) is 4.49. The Labute approximate surface area is 219 Å². The average Bonchev–Trinajstić information content (AvgIpc) is 3.25. The molecule has 0 saturated heterocycles. The lowest BCUT2D eigenvalue weighted by Crippen LogP contribution is -2.25. The van der Waals surface area contributed by atoms with Crippen LogP contribution in [0.2, 0.25) is 5.02 Å². The Bertz CT molecular complexity index is 1250. The Morgan fingerprint density at radius 3 is 2.36 bits per heavy atom. The van der Waals surface area contributed by atoms with Gasteiger partial charge in [0.25, 0.3) is 0 Å². The first-order valence-corrected chi connectivity index (χ1v) is 13.4. The van der Waals surface area contributed by atoms with Crippen molar-refractivity contribution in [3.8, 4) is 28.6 Å². The van der Waals surface area contributed by atoms with Crippen molar-refractivity contribution in [3.63, 3.8) is 0 Å². The highest BCUT2D eigenvalue weighted by Crippen LogP contribution is 2.31. The summed E-state index contributed by atoms with van der Waals surface area (Å²) in [5.41, 5.74) is 3.15. The molecule has 0 radical (unpaired) electrons. The Morgan fingerprint density at radius 1 is 0.861 bits per heavy atom. The molecule has 0 N–H and O–H groups in total. The number of unbranched alkanes of at least 4 members (excludes halogenated alkanes) is 1. The Hall–Kier alpha value is -3.02. The van der Waals surface area contributed by atoms with E-state index in [-0.39, 0.29) is 0 Å². The van der Waals surface area contributed by atoms with Gasteiger partial charge < -0.3 is 18.9 Å². The highest BCUT2D eigenvalue weighted by Gasteiger charge is 2.14. The lowest BCUT2D eigenvalue weighted by atomic mass is 10.2. The summed E-state index contributed by atoms with van der Waals surface area (Å²) in [5, 5.41) is 0.654. The van der Waals surface area contributed by atoms with Gasteiger partial charge in [-0.15, -0.1) is 0 Å². The van der Waals surface area contributed by atoms with Crippen molar-refractivity contribution in [1.29, 1.82) is 0 Å². The summed E-state index contributed by atoms with van der Waals surface area (Å²) in [7, 11) is 0. The molecule has 3 aromatic carbocycles. The topological polar surface area (TPSA) is 39.5 Å². The second-order valence-corrected chi connectivity index (χ2v) is 9.34. The number of halogens is 1. The Balaban J connectivity index is 1.53. The molecule has 0 saturated carbocycles. The number of rotatable bonds is 13. The first-order chi connectivity index (χ1) is 17.6. The summed E-state index contributed by atoms with van der Waals surface area (Å²) < 4.78 is 14.4. The normalized spacial score (nSPS) is 11.4. The minimum atomic E-state index is 0.654. The van der Waals surface area contributed by atoms with Gasteiger partial charge in [0.05, 0.1) is 17.6 Å². The van der Waals surface area contributed by atoms with E-state index in [1.807, 2.05) is 42.5 Å². The predicted molar refractivity (Wildman–Crippen MR) is 150 cm³/mol. The van der Waals surface area contributed by atoms with Gasteiger partial charge >= 0.3 is 0 Å². The molecule has 0 unspecified atom stereocenters. The molecule has 5 nitrogen and oxygen atoms in total. The van der Waals surface area contributed by atoms with Gasteiger partial charge in [0.15, 0.2) is 0 Å². The highest BCUT2D eigenvalue weighted by atomic mass is 35.5. The molecule has 0 aliphatic carbocycles. The molecule has 4 aromatic rings. The molecule has 6 heteroatoms. The molecular weight excluding hydrogens is 470 g/mol. The van der Waals surface area contributed by atoms with Crippen LogP contribution in [0.3, 0.4) is 0 Å². The zero-order chi connectivity index (χ0) is 25.3. The Morgan fingerprint density at radius 2 is 1.64 bits per heavy atom. The summed E-state index contributed by atoms with van der Waals surface area (Å²) in [6.45, 7) is 11.5. The monoisotopic (exact) mass is 505 g/mol. The minimum absolute atomic E-state index is 0.654. The van der Waals surface area contributed by atoms with E-state index in [0.29, 0.717) is 11.6 Å². The van der Waals surface area contributed by atoms with Gasteiger partial charge in [0.2, 0.25) is 0 Å². The second-order valence-electron chi connectivity index (χ2n) is 8.90. The van der Waals surface area contributed by atoms with Crippen LogP contribution in [0.25, 0.3) is 22.4 Å². The lowest BCUT2D eigenvalue weighted by Gasteiger charge is -2.17. The van der Waals surface area contributed by atoms with Crippen molar-refractivity contribution in [2.24, 2.45) is 0 Å². The van der Waals surface area contributed by atoms with Crippen molar-refractivity contribution in [1.82, 2.24) is 14.5 Å². The molecule has 36 heavy (non-hydrogen) atoms. The molecule has 1 aromatic heterocycles. The number of hydrogen-bond acceptors (Lipinski definition) is 4. The van der Waals surface area contributed by atoms with E-state index < -0.39 is 0 Å². The number of ether oxygens (including phenoxy) is 2. The quantitative estimate of drug-likeness (QED) is 0.172. The van der Waals surface area contributed by atoms with E-state index in [1.54, 1.807) is 0 Å². The zero-order valence-corrected chi connectivity index (χ0v) is 22.3. The van der Waals surface area contributed by atoms with Crippen LogP contribution in [-0.2, 0) is 6.54 Å². The maximum Gasteiger partial charge on any atom is 0.141 e.